The molecule has 8 nitrogen and oxygen atoms in total. The molecule has 0 aliphatic heterocycles. The van der Waals surface area contributed by atoms with Crippen molar-refractivity contribution < 1.29 is 23.2 Å². The molecule has 0 spiro atoms. The molecule has 1 fully saturated rings. The van der Waals surface area contributed by atoms with Crippen molar-refractivity contribution >= 4 is 23.4 Å². The van der Waals surface area contributed by atoms with Crippen molar-refractivity contribution in [2.75, 3.05) is 11.4 Å². The van der Waals surface area contributed by atoms with E-state index in [-0.39, 0.29) is 24.3 Å². The fraction of sp³-hybridized carbons (Fsp3) is 0.346. The Morgan fingerprint density at radius 2 is 1.76 bits per heavy atom. The number of aryl methyl sites for hydroxylation is 2. The van der Waals surface area contributed by atoms with Crippen LogP contribution in [0.25, 0.3) is 0 Å². The molecule has 1 aliphatic rings. The Morgan fingerprint density at radius 1 is 1.03 bits per heavy atom. The monoisotopic (exact) mass is 463 g/mol. The largest absolute Gasteiger partial charge is 0.467 e. The SMILES string of the molecule is Cc1ccc(C)c(N(C(=O)CNC(=O)c2ccco2)[C@H](C(=O)NC2CCCC2)c2ccco2)c1. The molecule has 34 heavy (non-hydrogen) atoms. The molecule has 2 aromatic heterocycles. The Bertz CT molecular complexity index is 1130. The van der Waals surface area contributed by atoms with Crippen molar-refractivity contribution in [1.29, 1.82) is 0 Å². The number of furan rings is 2. The quantitative estimate of drug-likeness (QED) is 0.524. The van der Waals surface area contributed by atoms with Gasteiger partial charge in [-0.3, -0.25) is 19.3 Å². The minimum atomic E-state index is -1.02. The van der Waals surface area contributed by atoms with Crippen LogP contribution < -0.4 is 15.5 Å². The van der Waals surface area contributed by atoms with Gasteiger partial charge in [-0.15, -0.1) is 0 Å². The van der Waals surface area contributed by atoms with E-state index in [0.717, 1.165) is 36.8 Å². The number of amides is 3. The zero-order valence-corrected chi connectivity index (χ0v) is 19.4. The van der Waals surface area contributed by atoms with E-state index in [1.165, 1.54) is 23.5 Å². The first-order valence-corrected chi connectivity index (χ1v) is 11.5. The van der Waals surface area contributed by atoms with Gasteiger partial charge < -0.3 is 19.5 Å². The van der Waals surface area contributed by atoms with E-state index in [2.05, 4.69) is 10.6 Å². The lowest BCUT2D eigenvalue weighted by molar-refractivity contribution is -0.127. The summed E-state index contributed by atoms with van der Waals surface area (Å²) in [6, 6.07) is 11.2. The van der Waals surface area contributed by atoms with Crippen LogP contribution in [0.3, 0.4) is 0 Å². The predicted molar refractivity (Wildman–Crippen MR) is 126 cm³/mol. The topological polar surface area (TPSA) is 105 Å². The average molecular weight is 464 g/mol. The van der Waals surface area contributed by atoms with Crippen LogP contribution in [-0.4, -0.2) is 30.3 Å². The molecule has 2 N–H and O–H groups in total. The van der Waals surface area contributed by atoms with Gasteiger partial charge in [-0.2, -0.15) is 0 Å². The second kappa shape index (κ2) is 10.4. The van der Waals surface area contributed by atoms with Crippen LogP contribution in [0.5, 0.6) is 0 Å². The molecule has 8 heteroatoms. The van der Waals surface area contributed by atoms with Gasteiger partial charge in [-0.05, 0) is 68.1 Å². The van der Waals surface area contributed by atoms with Crippen molar-refractivity contribution in [1.82, 2.24) is 10.6 Å². The van der Waals surface area contributed by atoms with E-state index in [0.29, 0.717) is 11.4 Å². The summed E-state index contributed by atoms with van der Waals surface area (Å²) in [5, 5.41) is 5.69. The lowest BCUT2D eigenvalue weighted by atomic mass is 10.0. The van der Waals surface area contributed by atoms with Crippen LogP contribution in [0, 0.1) is 13.8 Å². The summed E-state index contributed by atoms with van der Waals surface area (Å²) in [5.41, 5.74) is 2.34. The number of carbonyl (C=O) groups excluding carboxylic acids is 3. The predicted octanol–water partition coefficient (Wildman–Crippen LogP) is 4.05. The summed E-state index contributed by atoms with van der Waals surface area (Å²) in [7, 11) is 0. The Labute approximate surface area is 198 Å². The first kappa shape index (κ1) is 23.4. The number of carbonyl (C=O) groups is 3. The number of nitrogens with zero attached hydrogens (tertiary/aromatic N) is 1. The summed E-state index contributed by atoms with van der Waals surface area (Å²) >= 11 is 0. The highest BCUT2D eigenvalue weighted by molar-refractivity contribution is 6.04. The molecule has 1 atom stereocenters. The Kier molecular flexibility index (Phi) is 7.15. The van der Waals surface area contributed by atoms with Gasteiger partial charge in [0.15, 0.2) is 11.8 Å². The molecule has 4 rings (SSSR count). The normalized spacial score (nSPS) is 14.5. The minimum absolute atomic E-state index is 0.0687. The minimum Gasteiger partial charge on any atom is -0.467 e. The summed E-state index contributed by atoms with van der Waals surface area (Å²) in [5.74, 6) is -0.816. The maximum Gasteiger partial charge on any atom is 0.287 e. The number of hydrogen-bond acceptors (Lipinski definition) is 5. The van der Waals surface area contributed by atoms with Gasteiger partial charge in [-0.1, -0.05) is 25.0 Å². The summed E-state index contributed by atoms with van der Waals surface area (Å²) < 4.78 is 10.7. The molecule has 0 unspecified atom stereocenters. The van der Waals surface area contributed by atoms with Crippen molar-refractivity contribution in [3.63, 3.8) is 0 Å². The average Bonchev–Trinajstić information content (AvgIpc) is 3.61. The molecule has 3 amide bonds. The third-order valence-corrected chi connectivity index (χ3v) is 6.06. The van der Waals surface area contributed by atoms with E-state index >= 15 is 0 Å². The lowest BCUT2D eigenvalue weighted by Crippen LogP contribution is -2.49. The van der Waals surface area contributed by atoms with Gasteiger partial charge >= 0.3 is 0 Å². The molecule has 0 saturated heterocycles. The fourth-order valence-electron chi connectivity index (χ4n) is 4.30. The second-order valence-electron chi connectivity index (χ2n) is 8.62. The smallest absolute Gasteiger partial charge is 0.287 e. The second-order valence-corrected chi connectivity index (χ2v) is 8.62. The Hall–Kier alpha value is -3.81. The van der Waals surface area contributed by atoms with Gasteiger partial charge in [-0.25, -0.2) is 0 Å². The Morgan fingerprint density at radius 3 is 2.44 bits per heavy atom. The molecule has 1 saturated carbocycles. The highest BCUT2D eigenvalue weighted by Crippen LogP contribution is 2.32. The van der Waals surface area contributed by atoms with Crippen molar-refractivity contribution in [2.24, 2.45) is 0 Å². The number of anilines is 1. The van der Waals surface area contributed by atoms with Crippen LogP contribution >= 0.6 is 0 Å². The molecule has 2 heterocycles. The third-order valence-electron chi connectivity index (χ3n) is 6.06. The summed E-state index contributed by atoms with van der Waals surface area (Å²) in [6.07, 6.45) is 6.82. The van der Waals surface area contributed by atoms with Crippen molar-refractivity contribution in [3.8, 4) is 0 Å². The van der Waals surface area contributed by atoms with Gasteiger partial charge in [0.2, 0.25) is 5.91 Å². The van der Waals surface area contributed by atoms with Gasteiger partial charge in [0.1, 0.15) is 5.76 Å². The third kappa shape index (κ3) is 5.22. The number of benzene rings is 1. The fourth-order valence-corrected chi connectivity index (χ4v) is 4.30. The summed E-state index contributed by atoms with van der Waals surface area (Å²) in [6.45, 7) is 3.48. The van der Waals surface area contributed by atoms with Gasteiger partial charge in [0.05, 0.1) is 19.1 Å². The molecule has 178 valence electrons. The molecule has 1 aromatic carbocycles. The molecule has 0 bridgehead atoms. The van der Waals surface area contributed by atoms with Gasteiger partial charge in [0, 0.05) is 11.7 Å². The number of hydrogen-bond donors (Lipinski definition) is 2. The number of nitrogens with one attached hydrogen (secondary N) is 2. The molecular formula is C26H29N3O5. The van der Waals surface area contributed by atoms with Crippen LogP contribution in [0.1, 0.15) is 59.2 Å². The van der Waals surface area contributed by atoms with Crippen molar-refractivity contribution in [2.45, 2.75) is 51.6 Å². The van der Waals surface area contributed by atoms with E-state index in [1.807, 2.05) is 32.0 Å². The van der Waals surface area contributed by atoms with Crippen molar-refractivity contribution in [3.05, 3.63) is 77.6 Å². The molecule has 0 radical (unpaired) electrons. The maximum atomic E-state index is 13.6. The van der Waals surface area contributed by atoms with Crippen LogP contribution in [0.2, 0.25) is 0 Å². The first-order valence-electron chi connectivity index (χ1n) is 11.5. The number of rotatable bonds is 8. The highest BCUT2D eigenvalue weighted by atomic mass is 16.3. The highest BCUT2D eigenvalue weighted by Gasteiger charge is 2.37. The molecule has 3 aromatic rings. The van der Waals surface area contributed by atoms with E-state index in [4.69, 9.17) is 8.83 Å². The standard InChI is InChI=1S/C26H29N3O5/c1-17-11-12-18(2)20(15-17)29(23(30)16-27-25(31)22-10-6-14-34-22)24(21-9-5-13-33-21)26(32)28-19-7-3-4-8-19/h5-6,9-15,19,24H,3-4,7-8,16H2,1-2H3,(H,27,31)(H,28,32)/t24-/m0/s1. The van der Waals surface area contributed by atoms with E-state index in [9.17, 15) is 14.4 Å². The first-order chi connectivity index (χ1) is 16.4. The zero-order valence-electron chi connectivity index (χ0n) is 19.4. The molecular weight excluding hydrogens is 434 g/mol. The van der Waals surface area contributed by atoms with Crippen LogP contribution in [0.15, 0.2) is 63.8 Å². The molecule has 1 aliphatic carbocycles. The van der Waals surface area contributed by atoms with Crippen LogP contribution in [-0.2, 0) is 9.59 Å². The maximum absolute atomic E-state index is 13.6. The van der Waals surface area contributed by atoms with Gasteiger partial charge in [0.25, 0.3) is 11.8 Å². The zero-order chi connectivity index (χ0) is 24.1. The summed E-state index contributed by atoms with van der Waals surface area (Å²) in [4.78, 5) is 41.0. The van der Waals surface area contributed by atoms with E-state index in [1.54, 1.807) is 18.2 Å². The van der Waals surface area contributed by atoms with E-state index < -0.39 is 17.9 Å². The Balaban J connectivity index is 1.68. The lowest BCUT2D eigenvalue weighted by Gasteiger charge is -2.32. The van der Waals surface area contributed by atoms with Crippen LogP contribution in [0.4, 0.5) is 5.69 Å².